The number of nitrogens with zero attached hydrogens (tertiary/aromatic N) is 4. The first-order chi connectivity index (χ1) is 35.1. The summed E-state index contributed by atoms with van der Waals surface area (Å²) in [4.78, 5) is 77.9. The highest BCUT2D eigenvalue weighted by Gasteiger charge is 2.39. The van der Waals surface area contributed by atoms with Crippen LogP contribution in [0.15, 0.2) is 64.2 Å². The fourth-order valence-electron chi connectivity index (χ4n) is 5.71. The van der Waals surface area contributed by atoms with Crippen LogP contribution in [0.3, 0.4) is 0 Å². The van der Waals surface area contributed by atoms with Crippen molar-refractivity contribution in [1.29, 1.82) is 10.5 Å². The normalized spacial score (nSPS) is 12.2. The average molecular weight is 1100 g/mol. The number of pyridine rings is 1. The summed E-state index contributed by atoms with van der Waals surface area (Å²) in [6.45, 7) is 6.32. The molecule has 21 nitrogen and oxygen atoms in total. The standard InChI is InChI=1S/C42H48ClN9O8S.2C2HF3O2/c1-23(2)36(50-33(53)13-15-44)41(55)59-21-30(60-42(56)37(24(3)4)51-34(54)14-16-45)20-57-29-11-7-25(8-12-29)35-31(17-46)38(48)52-40(32(35)18-47)61-22-28-19-58-39(49-28)26-5-9-27(43)10-6-26;2*3-2(4,5)1(6)7/h5-12,19,23-24,30,36-37H,13-16,20-22,44-45H2,1-4H3,(H2,48,52)(H,50,53)(H,51,54);2*(H,6,7)/t30-,36-,37-;;/m0../s1. The Hall–Kier alpha value is -7.66. The van der Waals surface area contributed by atoms with Crippen LogP contribution in [0.5, 0.6) is 5.75 Å². The van der Waals surface area contributed by atoms with Crippen LogP contribution in [0.2, 0.25) is 5.02 Å². The number of carboxylic acids is 2. The van der Waals surface area contributed by atoms with E-state index in [0.717, 1.165) is 5.56 Å². The average Bonchev–Trinajstić information content (AvgIpc) is 3.81. The molecule has 2 aromatic carbocycles. The fraction of sp³-hybridized carbons (Fsp3) is 0.391. The second-order valence-electron chi connectivity index (χ2n) is 15.9. The van der Waals surface area contributed by atoms with Crippen molar-refractivity contribution in [1.82, 2.24) is 20.6 Å². The van der Waals surface area contributed by atoms with Gasteiger partial charge in [0, 0.05) is 47.8 Å². The van der Waals surface area contributed by atoms with Crippen LogP contribution in [0.1, 0.15) is 57.4 Å². The molecule has 0 radical (unpaired) electrons. The third-order valence-corrected chi connectivity index (χ3v) is 10.7. The molecule has 0 aliphatic rings. The van der Waals surface area contributed by atoms with Crippen molar-refractivity contribution in [2.75, 3.05) is 32.0 Å². The third kappa shape index (κ3) is 21.0. The number of rotatable bonds is 21. The highest BCUT2D eigenvalue weighted by Crippen LogP contribution is 2.37. The van der Waals surface area contributed by atoms with Crippen LogP contribution in [0, 0.1) is 34.5 Å². The molecule has 4 aromatic rings. The lowest BCUT2D eigenvalue weighted by molar-refractivity contribution is -0.193. The van der Waals surface area contributed by atoms with Gasteiger partial charge in [0.1, 0.15) is 65.9 Å². The number of anilines is 1. The van der Waals surface area contributed by atoms with Gasteiger partial charge >= 0.3 is 36.2 Å². The van der Waals surface area contributed by atoms with E-state index in [4.69, 9.17) is 67.2 Å². The number of nitrogen functional groups attached to an aromatic ring is 1. The lowest BCUT2D eigenvalue weighted by Gasteiger charge is -2.26. The van der Waals surface area contributed by atoms with Crippen molar-refractivity contribution >= 4 is 64.9 Å². The second-order valence-corrected chi connectivity index (χ2v) is 17.3. The van der Waals surface area contributed by atoms with E-state index in [1.807, 2.05) is 0 Å². The predicted molar refractivity (Wildman–Crippen MR) is 255 cm³/mol. The molecule has 0 saturated heterocycles. The number of carbonyl (C=O) groups is 6. The molecule has 0 saturated carbocycles. The zero-order chi connectivity index (χ0) is 56.8. The smallest absolute Gasteiger partial charge is 0.490 e. The second kappa shape index (κ2) is 29.9. The van der Waals surface area contributed by atoms with Gasteiger partial charge in [-0.05, 0) is 53.8 Å². The molecule has 75 heavy (non-hydrogen) atoms. The summed E-state index contributed by atoms with van der Waals surface area (Å²) in [6, 6.07) is 15.6. The van der Waals surface area contributed by atoms with E-state index in [1.165, 1.54) is 18.0 Å². The predicted octanol–water partition coefficient (Wildman–Crippen LogP) is 5.75. The van der Waals surface area contributed by atoms with E-state index in [1.54, 1.807) is 76.2 Å². The van der Waals surface area contributed by atoms with Gasteiger partial charge in [-0.3, -0.25) is 9.59 Å². The van der Waals surface area contributed by atoms with Crippen molar-refractivity contribution in [2.45, 2.75) is 81.9 Å². The molecule has 0 spiro atoms. The summed E-state index contributed by atoms with van der Waals surface area (Å²) in [5.41, 5.74) is 19.4. The number of amides is 2. The van der Waals surface area contributed by atoms with E-state index < -0.39 is 72.8 Å². The largest absolute Gasteiger partial charge is 0.490 e. The molecular formula is C46H50ClF6N9O12S. The summed E-state index contributed by atoms with van der Waals surface area (Å²) in [5.74, 6) is -7.77. The van der Waals surface area contributed by atoms with Crippen molar-refractivity contribution in [3.8, 4) is 40.5 Å². The summed E-state index contributed by atoms with van der Waals surface area (Å²) >= 11 is 7.20. The van der Waals surface area contributed by atoms with Gasteiger partial charge in [-0.15, -0.1) is 0 Å². The van der Waals surface area contributed by atoms with Crippen molar-refractivity contribution in [2.24, 2.45) is 23.3 Å². The van der Waals surface area contributed by atoms with Crippen molar-refractivity contribution in [3.05, 3.63) is 76.6 Å². The minimum absolute atomic E-state index is 0.00352. The van der Waals surface area contributed by atoms with Gasteiger partial charge in [-0.2, -0.15) is 36.9 Å². The number of ether oxygens (including phenoxy) is 3. The zero-order valence-electron chi connectivity index (χ0n) is 40.1. The number of aliphatic carboxylic acids is 2. The van der Waals surface area contributed by atoms with Gasteiger partial charge in [0.15, 0.2) is 6.10 Å². The number of hydrogen-bond acceptors (Lipinski definition) is 18. The molecule has 29 heteroatoms. The number of benzene rings is 2. The number of esters is 2. The number of carboxylic acid groups (broad SMARTS) is 2. The number of alkyl halides is 6. The van der Waals surface area contributed by atoms with Gasteiger partial charge in [-0.25, -0.2) is 29.1 Å². The van der Waals surface area contributed by atoms with E-state index in [2.05, 4.69) is 32.7 Å². The van der Waals surface area contributed by atoms with Gasteiger partial charge in [0.05, 0.1) is 11.3 Å². The van der Waals surface area contributed by atoms with Crippen molar-refractivity contribution in [3.63, 3.8) is 0 Å². The minimum atomic E-state index is -5.08. The molecule has 0 aliphatic carbocycles. The first-order valence-corrected chi connectivity index (χ1v) is 23.1. The van der Waals surface area contributed by atoms with Gasteiger partial charge < -0.3 is 56.7 Å². The maximum absolute atomic E-state index is 13.4. The number of oxazole rings is 1. The van der Waals surface area contributed by atoms with Gasteiger partial charge in [0.25, 0.3) is 0 Å². The fourth-order valence-corrected chi connectivity index (χ4v) is 6.70. The van der Waals surface area contributed by atoms with Crippen LogP contribution >= 0.6 is 23.4 Å². The quantitative estimate of drug-likeness (QED) is 0.0296. The van der Waals surface area contributed by atoms with E-state index in [0.29, 0.717) is 22.2 Å². The molecule has 2 aromatic heterocycles. The molecule has 4 rings (SSSR count). The Morgan fingerprint density at radius 2 is 1.24 bits per heavy atom. The summed E-state index contributed by atoms with van der Waals surface area (Å²) in [6.07, 6.45) is -9.83. The Balaban J connectivity index is 0.00000120. The number of hydrogen-bond donors (Lipinski definition) is 7. The van der Waals surface area contributed by atoms with Crippen LogP contribution in [-0.4, -0.2) is 113 Å². The topological polar surface area (TPSA) is 359 Å². The molecule has 0 fully saturated rings. The summed E-state index contributed by atoms with van der Waals surface area (Å²) in [7, 11) is 0. The van der Waals surface area contributed by atoms with Crippen LogP contribution in [-0.2, 0) is 44.0 Å². The SMILES string of the molecule is CC(C)[C@H](NC(=O)CCN)C(=O)OC[C@H](COc1ccc(-c2c(C#N)c(N)nc(SCc3coc(-c4ccc(Cl)cc4)n3)c2C#N)cc1)OC(=O)[C@@H](NC(=O)CCN)C(C)C.O=C(O)C(F)(F)F.O=C(O)C(F)(F)F. The van der Waals surface area contributed by atoms with E-state index in [9.17, 15) is 56.0 Å². The molecule has 2 amide bonds. The molecule has 3 atom stereocenters. The Labute approximate surface area is 433 Å². The minimum Gasteiger partial charge on any atom is -0.490 e. The number of halogens is 7. The number of nitriles is 2. The van der Waals surface area contributed by atoms with Gasteiger partial charge in [-0.1, -0.05) is 63.2 Å². The monoisotopic (exact) mass is 1100 g/mol. The maximum atomic E-state index is 13.4. The highest BCUT2D eigenvalue weighted by atomic mass is 35.5. The highest BCUT2D eigenvalue weighted by molar-refractivity contribution is 7.98. The van der Waals surface area contributed by atoms with Crippen LogP contribution in [0.25, 0.3) is 22.6 Å². The Bertz CT molecular complexity index is 2660. The molecule has 0 bridgehead atoms. The molecule has 406 valence electrons. The Morgan fingerprint density at radius 1 is 0.760 bits per heavy atom. The number of aromatic nitrogens is 2. The lowest BCUT2D eigenvalue weighted by atomic mass is 9.97. The summed E-state index contributed by atoms with van der Waals surface area (Å²) < 4.78 is 86.4. The first kappa shape index (κ1) is 63.5. The third-order valence-electron chi connectivity index (χ3n) is 9.39. The van der Waals surface area contributed by atoms with Gasteiger partial charge in [0.2, 0.25) is 17.7 Å². The van der Waals surface area contributed by atoms with Crippen LogP contribution in [0.4, 0.5) is 32.2 Å². The number of nitrogens with one attached hydrogen (secondary N) is 2. The lowest BCUT2D eigenvalue weighted by Crippen LogP contribution is -2.48. The van der Waals surface area contributed by atoms with E-state index in [-0.39, 0.29) is 83.4 Å². The van der Waals surface area contributed by atoms with E-state index >= 15 is 0 Å². The molecule has 0 unspecified atom stereocenters. The maximum Gasteiger partial charge on any atom is 0.490 e. The number of thioether (sulfide) groups is 1. The Kier molecular flexibility index (Phi) is 25.3. The molecular weight excluding hydrogens is 1050 g/mol. The molecule has 0 aliphatic heterocycles. The number of nitrogens with two attached hydrogens (primary N) is 3. The first-order valence-electron chi connectivity index (χ1n) is 21.7. The Morgan fingerprint density at radius 3 is 1.69 bits per heavy atom. The summed E-state index contributed by atoms with van der Waals surface area (Å²) in [5, 5.41) is 40.8. The number of carbonyl (C=O) groups excluding carboxylic acids is 4. The van der Waals surface area contributed by atoms with Crippen LogP contribution < -0.4 is 32.6 Å². The molecule has 10 N–H and O–H groups in total. The molecule has 2 heterocycles. The zero-order valence-corrected chi connectivity index (χ0v) is 41.7. The van der Waals surface area contributed by atoms with Crippen molar-refractivity contribution < 1.29 is 84.0 Å².